The molecule has 6 nitrogen and oxygen atoms in total. The molecule has 1 atom stereocenters. The van der Waals surface area contributed by atoms with Gasteiger partial charge in [0, 0.05) is 28.7 Å². The zero-order valence-electron chi connectivity index (χ0n) is 10.7. The first-order valence-electron chi connectivity index (χ1n) is 6.24. The maximum absolute atomic E-state index is 11.5. The molecule has 8 heteroatoms. The molecule has 1 N–H and O–H groups in total. The second-order valence-corrected chi connectivity index (χ2v) is 8.01. The second kappa shape index (κ2) is 6.19. The number of nitrogens with one attached hydrogen (secondary N) is 1. The van der Waals surface area contributed by atoms with Crippen molar-refractivity contribution in [2.75, 3.05) is 11.5 Å². The third kappa shape index (κ3) is 4.00. The van der Waals surface area contributed by atoms with Crippen LogP contribution in [0, 0.1) is 10.1 Å². The fourth-order valence-electron chi connectivity index (χ4n) is 2.29. The number of halogens is 1. The average molecular weight is 363 g/mol. The van der Waals surface area contributed by atoms with Crippen LogP contribution in [0.15, 0.2) is 22.7 Å². The molecule has 1 saturated heterocycles. The SMILES string of the molecule is O=[N+]([O-])c1cc(Br)ccc1CNC1CCCS(=O)(=O)C1. The van der Waals surface area contributed by atoms with Crippen LogP contribution in [0.3, 0.4) is 0 Å². The fourth-order valence-corrected chi connectivity index (χ4v) is 4.31. The van der Waals surface area contributed by atoms with Gasteiger partial charge in [-0.2, -0.15) is 0 Å². The molecule has 1 aromatic carbocycles. The average Bonchev–Trinajstić information content (AvgIpc) is 2.36. The van der Waals surface area contributed by atoms with Gasteiger partial charge in [-0.05, 0) is 25.0 Å². The zero-order chi connectivity index (χ0) is 14.8. The van der Waals surface area contributed by atoms with Gasteiger partial charge in [0.2, 0.25) is 0 Å². The predicted octanol–water partition coefficient (Wildman–Crippen LogP) is 2.02. The van der Waals surface area contributed by atoms with E-state index < -0.39 is 14.8 Å². The van der Waals surface area contributed by atoms with E-state index in [0.717, 1.165) is 6.42 Å². The number of nitro benzene ring substituents is 1. The van der Waals surface area contributed by atoms with Gasteiger partial charge in [-0.15, -0.1) is 0 Å². The Kier molecular flexibility index (Phi) is 4.77. The van der Waals surface area contributed by atoms with Crippen molar-refractivity contribution in [1.82, 2.24) is 5.32 Å². The molecule has 0 radical (unpaired) electrons. The summed E-state index contributed by atoms with van der Waals surface area (Å²) in [6.45, 7) is 0.295. The highest BCUT2D eigenvalue weighted by molar-refractivity contribution is 9.10. The summed E-state index contributed by atoms with van der Waals surface area (Å²) >= 11 is 3.20. The minimum absolute atomic E-state index is 0.0329. The molecule has 1 unspecified atom stereocenters. The van der Waals surface area contributed by atoms with Crippen molar-refractivity contribution in [3.63, 3.8) is 0 Å². The fraction of sp³-hybridized carbons (Fsp3) is 0.500. The van der Waals surface area contributed by atoms with E-state index in [1.807, 2.05) is 0 Å². The Hall–Kier alpha value is -0.990. The van der Waals surface area contributed by atoms with Crippen molar-refractivity contribution in [3.8, 4) is 0 Å². The Morgan fingerprint density at radius 1 is 1.45 bits per heavy atom. The predicted molar refractivity (Wildman–Crippen MR) is 79.3 cm³/mol. The maximum atomic E-state index is 11.5. The number of hydrogen-bond acceptors (Lipinski definition) is 5. The first kappa shape index (κ1) is 15.4. The number of sulfone groups is 1. The maximum Gasteiger partial charge on any atom is 0.275 e. The molecule has 0 saturated carbocycles. The minimum atomic E-state index is -2.97. The highest BCUT2D eigenvalue weighted by atomic mass is 79.9. The van der Waals surface area contributed by atoms with Gasteiger partial charge in [-0.1, -0.05) is 15.9 Å². The van der Waals surface area contributed by atoms with Gasteiger partial charge in [-0.3, -0.25) is 10.1 Å². The first-order chi connectivity index (χ1) is 9.37. The highest BCUT2D eigenvalue weighted by Gasteiger charge is 2.25. The van der Waals surface area contributed by atoms with Crippen LogP contribution in [0.1, 0.15) is 18.4 Å². The summed E-state index contributed by atoms with van der Waals surface area (Å²) in [5.74, 6) is 0.348. The monoisotopic (exact) mass is 362 g/mol. The lowest BCUT2D eigenvalue weighted by Gasteiger charge is -2.23. The molecule has 2 rings (SSSR count). The lowest BCUT2D eigenvalue weighted by molar-refractivity contribution is -0.385. The Bertz CT molecular complexity index is 618. The summed E-state index contributed by atoms with van der Waals surface area (Å²) in [5, 5.41) is 14.1. The van der Waals surface area contributed by atoms with Crippen molar-refractivity contribution in [2.45, 2.75) is 25.4 Å². The van der Waals surface area contributed by atoms with E-state index in [9.17, 15) is 18.5 Å². The van der Waals surface area contributed by atoms with Gasteiger partial charge in [0.1, 0.15) is 0 Å². The van der Waals surface area contributed by atoms with Gasteiger partial charge in [0.05, 0.1) is 16.4 Å². The summed E-state index contributed by atoms with van der Waals surface area (Å²) in [4.78, 5) is 10.6. The van der Waals surface area contributed by atoms with Crippen LogP contribution in [0.4, 0.5) is 5.69 Å². The molecule has 110 valence electrons. The Balaban J connectivity index is 2.06. The quantitative estimate of drug-likeness (QED) is 0.653. The van der Waals surface area contributed by atoms with Crippen molar-refractivity contribution in [3.05, 3.63) is 38.3 Å². The van der Waals surface area contributed by atoms with E-state index in [-0.39, 0.29) is 23.2 Å². The Morgan fingerprint density at radius 2 is 2.20 bits per heavy atom. The van der Waals surface area contributed by atoms with Crippen LogP contribution >= 0.6 is 15.9 Å². The molecular formula is C12H15BrN2O4S. The first-order valence-corrected chi connectivity index (χ1v) is 8.85. The molecule has 1 heterocycles. The highest BCUT2D eigenvalue weighted by Crippen LogP contribution is 2.24. The number of benzene rings is 1. The van der Waals surface area contributed by atoms with E-state index >= 15 is 0 Å². The smallest absolute Gasteiger partial charge is 0.275 e. The van der Waals surface area contributed by atoms with Crippen LogP contribution in [-0.2, 0) is 16.4 Å². The third-order valence-corrected chi connectivity index (χ3v) is 5.60. The molecule has 0 bridgehead atoms. The number of hydrogen-bond donors (Lipinski definition) is 1. The van der Waals surface area contributed by atoms with E-state index in [2.05, 4.69) is 21.2 Å². The van der Waals surface area contributed by atoms with Crippen LogP contribution in [-0.4, -0.2) is 30.9 Å². The second-order valence-electron chi connectivity index (χ2n) is 4.86. The van der Waals surface area contributed by atoms with Gasteiger partial charge in [0.25, 0.3) is 5.69 Å². The van der Waals surface area contributed by atoms with Crippen LogP contribution in [0.25, 0.3) is 0 Å². The van der Waals surface area contributed by atoms with Crippen LogP contribution in [0.2, 0.25) is 0 Å². The standard InChI is InChI=1S/C12H15BrN2O4S/c13-10-4-3-9(12(6-10)15(16)17)7-14-11-2-1-5-20(18,19)8-11/h3-4,6,11,14H,1-2,5,7-8H2. The molecule has 0 aromatic heterocycles. The molecule has 1 aliphatic heterocycles. The molecule has 0 spiro atoms. The van der Waals surface area contributed by atoms with Crippen molar-refractivity contribution >= 4 is 31.5 Å². The molecular weight excluding hydrogens is 348 g/mol. The van der Waals surface area contributed by atoms with Crippen molar-refractivity contribution in [1.29, 1.82) is 0 Å². The van der Waals surface area contributed by atoms with Crippen molar-refractivity contribution < 1.29 is 13.3 Å². The van der Waals surface area contributed by atoms with E-state index in [1.54, 1.807) is 12.1 Å². The van der Waals surface area contributed by atoms with E-state index in [1.165, 1.54) is 6.07 Å². The molecule has 1 aliphatic rings. The molecule has 1 aromatic rings. The summed E-state index contributed by atoms with van der Waals surface area (Å²) in [6.07, 6.45) is 1.42. The Labute approximate surface area is 125 Å². The van der Waals surface area contributed by atoms with Crippen LogP contribution < -0.4 is 5.32 Å². The Morgan fingerprint density at radius 3 is 2.85 bits per heavy atom. The molecule has 0 aliphatic carbocycles. The van der Waals surface area contributed by atoms with Gasteiger partial charge in [-0.25, -0.2) is 8.42 Å². The number of rotatable bonds is 4. The molecule has 0 amide bonds. The summed E-state index contributed by atoms with van der Waals surface area (Å²) in [7, 11) is -2.97. The largest absolute Gasteiger partial charge is 0.309 e. The van der Waals surface area contributed by atoms with Gasteiger partial charge < -0.3 is 5.32 Å². The van der Waals surface area contributed by atoms with Crippen molar-refractivity contribution in [2.24, 2.45) is 0 Å². The van der Waals surface area contributed by atoms with Crippen LogP contribution in [0.5, 0.6) is 0 Å². The lowest BCUT2D eigenvalue weighted by atomic mass is 10.1. The number of nitrogens with zero attached hydrogens (tertiary/aromatic N) is 1. The molecule has 20 heavy (non-hydrogen) atoms. The van der Waals surface area contributed by atoms with E-state index in [4.69, 9.17) is 0 Å². The molecule has 1 fully saturated rings. The summed E-state index contributed by atoms with van der Waals surface area (Å²) in [6, 6.07) is 4.74. The summed E-state index contributed by atoms with van der Waals surface area (Å²) in [5.41, 5.74) is 0.590. The topological polar surface area (TPSA) is 89.3 Å². The lowest BCUT2D eigenvalue weighted by Crippen LogP contribution is -2.39. The van der Waals surface area contributed by atoms with Gasteiger partial charge >= 0.3 is 0 Å². The third-order valence-electron chi connectivity index (χ3n) is 3.29. The van der Waals surface area contributed by atoms with E-state index in [0.29, 0.717) is 23.0 Å². The zero-order valence-corrected chi connectivity index (χ0v) is 13.1. The minimum Gasteiger partial charge on any atom is -0.309 e. The number of nitro groups is 1. The van der Waals surface area contributed by atoms with Gasteiger partial charge in [0.15, 0.2) is 9.84 Å². The normalized spacial score (nSPS) is 21.6. The summed E-state index contributed by atoms with van der Waals surface area (Å²) < 4.78 is 23.7.